The summed E-state index contributed by atoms with van der Waals surface area (Å²) in [5.41, 5.74) is 0. The maximum Gasteiger partial charge on any atom is 1.00 e. The van der Waals surface area contributed by atoms with Gasteiger partial charge in [-0.2, -0.15) is 0 Å². The van der Waals surface area contributed by atoms with E-state index in [0.717, 1.165) is 0 Å². The molecule has 1 fully saturated rings. The topological polar surface area (TPSA) is 98.7 Å². The molecule has 48 valence electrons. The number of hydrogen-bond acceptors (Lipinski definition) is 6. The van der Waals surface area contributed by atoms with Crippen molar-refractivity contribution in [3.05, 3.63) is 0 Å². The molecule has 0 atom stereocenters. The average molecular weight is 204 g/mol. The van der Waals surface area contributed by atoms with Crippen LogP contribution in [-0.4, -0.2) is 0 Å². The monoisotopic (exact) mass is 204 g/mol. The van der Waals surface area contributed by atoms with Gasteiger partial charge >= 0.3 is 59.1 Å². The minimum atomic E-state index is -4.41. The van der Waals surface area contributed by atoms with E-state index in [2.05, 4.69) is 8.62 Å². The molecule has 0 bridgehead atoms. The van der Waals surface area contributed by atoms with Crippen LogP contribution in [0.4, 0.5) is 0 Å². The van der Waals surface area contributed by atoms with E-state index in [1.165, 1.54) is 0 Å². The molecular formula is Na2O6P2. The first-order chi connectivity index (χ1) is 3.41. The molecule has 0 aromatic rings. The molecule has 1 saturated heterocycles. The van der Waals surface area contributed by atoms with Crippen LogP contribution in [0.1, 0.15) is 0 Å². The Balaban J connectivity index is 0. The molecule has 0 N–H and O–H groups in total. The zero-order valence-corrected chi connectivity index (χ0v) is 11.1. The van der Waals surface area contributed by atoms with Gasteiger partial charge in [-0.3, -0.25) is 9.13 Å². The SMILES string of the molecule is O=P1([O-])OP(=O)([O-])O1.[Na+].[Na+]. The molecule has 0 aromatic carbocycles. The molecule has 0 amide bonds. The van der Waals surface area contributed by atoms with Crippen molar-refractivity contribution in [3.8, 4) is 0 Å². The van der Waals surface area contributed by atoms with Crippen molar-refractivity contribution in [2.24, 2.45) is 0 Å². The molecular weight excluding hydrogens is 204 g/mol. The zero-order valence-electron chi connectivity index (χ0n) is 5.34. The summed E-state index contributed by atoms with van der Waals surface area (Å²) in [5, 5.41) is 0. The van der Waals surface area contributed by atoms with Crippen molar-refractivity contribution in [3.63, 3.8) is 0 Å². The van der Waals surface area contributed by atoms with Crippen molar-refractivity contribution < 1.29 is 86.7 Å². The van der Waals surface area contributed by atoms with Gasteiger partial charge in [0.2, 0.25) is 0 Å². The molecule has 0 unspecified atom stereocenters. The van der Waals surface area contributed by atoms with E-state index in [0.29, 0.717) is 0 Å². The third-order valence-electron chi connectivity index (χ3n) is 0.400. The molecule has 0 radical (unpaired) electrons. The van der Waals surface area contributed by atoms with Gasteiger partial charge in [-0.25, -0.2) is 8.62 Å². The fourth-order valence-corrected chi connectivity index (χ4v) is 2.26. The summed E-state index contributed by atoms with van der Waals surface area (Å²) >= 11 is 0. The maximum absolute atomic E-state index is 9.71. The number of phosphoric acid groups is 2. The van der Waals surface area contributed by atoms with Crippen LogP contribution in [0, 0.1) is 0 Å². The molecule has 1 aliphatic rings. The van der Waals surface area contributed by atoms with Gasteiger partial charge in [-0.15, -0.1) is 0 Å². The van der Waals surface area contributed by atoms with E-state index in [1.807, 2.05) is 0 Å². The molecule has 0 aliphatic carbocycles. The first-order valence-corrected chi connectivity index (χ1v) is 4.38. The minimum absolute atomic E-state index is 0. The van der Waals surface area contributed by atoms with Gasteiger partial charge in [0.15, 0.2) is 0 Å². The first-order valence-electron chi connectivity index (χ1n) is 1.46. The van der Waals surface area contributed by atoms with Crippen molar-refractivity contribution in [1.29, 1.82) is 0 Å². The number of rotatable bonds is 0. The van der Waals surface area contributed by atoms with Crippen LogP contribution in [0.15, 0.2) is 0 Å². The largest absolute Gasteiger partial charge is 1.00 e. The van der Waals surface area contributed by atoms with E-state index >= 15 is 0 Å². The fraction of sp³-hybridized carbons (Fsp3) is 0. The van der Waals surface area contributed by atoms with Gasteiger partial charge in [-0.1, -0.05) is 0 Å². The molecule has 0 saturated carbocycles. The molecule has 6 nitrogen and oxygen atoms in total. The van der Waals surface area contributed by atoms with Crippen LogP contribution in [0.5, 0.6) is 0 Å². The normalized spacial score (nSPS) is 44.2. The Bertz CT molecular complexity index is 164. The summed E-state index contributed by atoms with van der Waals surface area (Å²) in [6, 6.07) is 0. The summed E-state index contributed by atoms with van der Waals surface area (Å²) in [6.45, 7) is 0. The third-order valence-corrected chi connectivity index (χ3v) is 3.60. The Morgan fingerprint density at radius 2 is 1.10 bits per heavy atom. The Morgan fingerprint density at radius 1 is 0.900 bits per heavy atom. The first kappa shape index (κ1) is 14.8. The molecule has 10 heavy (non-hydrogen) atoms. The van der Waals surface area contributed by atoms with Gasteiger partial charge < -0.3 is 9.79 Å². The van der Waals surface area contributed by atoms with Crippen molar-refractivity contribution >= 4 is 15.6 Å². The summed E-state index contributed by atoms with van der Waals surface area (Å²) in [4.78, 5) is 19.4. The summed E-state index contributed by atoms with van der Waals surface area (Å²) in [6.07, 6.45) is 0. The zero-order chi connectivity index (χ0) is 6.41. The summed E-state index contributed by atoms with van der Waals surface area (Å²) in [7, 11) is -8.83. The number of hydrogen-bond donors (Lipinski definition) is 0. The molecule has 0 aromatic heterocycles. The van der Waals surface area contributed by atoms with Crippen LogP contribution in [0.2, 0.25) is 0 Å². The average Bonchev–Trinajstić information content (AvgIpc) is 1.20. The Hall–Kier alpha value is 2.30. The Kier molecular flexibility index (Phi) is 6.68. The van der Waals surface area contributed by atoms with Crippen LogP contribution in [0.3, 0.4) is 0 Å². The standard InChI is InChI=1S/2Na.H2O6P2/c;;1-7(2)5-8(3,4)6-7/h;;(H,1,2)(H,3,4)/q2*+1;/p-2. The summed E-state index contributed by atoms with van der Waals surface area (Å²) in [5.74, 6) is 0. The predicted octanol–water partition coefficient (Wildman–Crippen LogP) is -7.02. The van der Waals surface area contributed by atoms with Crippen molar-refractivity contribution in [2.45, 2.75) is 0 Å². The van der Waals surface area contributed by atoms with Crippen LogP contribution in [0.25, 0.3) is 0 Å². The minimum Gasteiger partial charge on any atom is -0.756 e. The third kappa shape index (κ3) is 4.36. The summed E-state index contributed by atoms with van der Waals surface area (Å²) < 4.78 is 26.0. The van der Waals surface area contributed by atoms with E-state index in [1.54, 1.807) is 0 Å². The van der Waals surface area contributed by atoms with Crippen molar-refractivity contribution in [1.82, 2.24) is 0 Å². The molecule has 0 spiro atoms. The Morgan fingerprint density at radius 3 is 1.10 bits per heavy atom. The van der Waals surface area contributed by atoms with Crippen LogP contribution < -0.4 is 68.9 Å². The quantitative estimate of drug-likeness (QED) is 0.287. The molecule has 10 heteroatoms. The molecule has 1 heterocycles. The van der Waals surface area contributed by atoms with Gasteiger partial charge in [-0.05, 0) is 0 Å². The van der Waals surface area contributed by atoms with E-state index in [9.17, 15) is 18.9 Å². The smallest absolute Gasteiger partial charge is 0.756 e. The van der Waals surface area contributed by atoms with Gasteiger partial charge in [0.1, 0.15) is 0 Å². The van der Waals surface area contributed by atoms with Gasteiger partial charge in [0.25, 0.3) is 15.6 Å². The van der Waals surface area contributed by atoms with Gasteiger partial charge in [0, 0.05) is 0 Å². The fourth-order valence-electron chi connectivity index (χ4n) is 0.251. The van der Waals surface area contributed by atoms with Crippen LogP contribution >= 0.6 is 15.6 Å². The second-order valence-electron chi connectivity index (χ2n) is 1.06. The van der Waals surface area contributed by atoms with Gasteiger partial charge in [0.05, 0.1) is 0 Å². The second kappa shape index (κ2) is 4.51. The molecule has 1 aliphatic heterocycles. The van der Waals surface area contributed by atoms with E-state index in [-0.39, 0.29) is 59.1 Å². The maximum atomic E-state index is 9.71. The predicted molar refractivity (Wildman–Crippen MR) is 17.4 cm³/mol. The Labute approximate surface area is 101 Å². The molecule has 1 rings (SSSR count). The van der Waals surface area contributed by atoms with Crippen LogP contribution in [-0.2, 0) is 17.8 Å². The van der Waals surface area contributed by atoms with E-state index in [4.69, 9.17) is 0 Å². The second-order valence-corrected chi connectivity index (χ2v) is 4.15. The van der Waals surface area contributed by atoms with E-state index < -0.39 is 15.6 Å². The van der Waals surface area contributed by atoms with Crippen molar-refractivity contribution in [2.75, 3.05) is 0 Å².